The Kier molecular flexibility index (Phi) is 5.47. The molecule has 4 rings (SSSR count). The number of amides is 1. The van der Waals surface area contributed by atoms with Gasteiger partial charge in [-0.05, 0) is 56.7 Å². The van der Waals surface area contributed by atoms with Crippen LogP contribution in [-0.2, 0) is 4.79 Å². The topological polar surface area (TPSA) is 111 Å². The predicted molar refractivity (Wildman–Crippen MR) is 124 cm³/mol. The SMILES string of the molecule is CN=C1C(=C(N)C2CC2)C(=O)N(c2cc(C)c(=N)n(C(C)=N)c2)C1C1C=CC(Cl)=CC1. The normalized spacial score (nSPS) is 26.5. The van der Waals surface area contributed by atoms with Crippen LogP contribution in [0.5, 0.6) is 0 Å². The third-order valence-electron chi connectivity index (χ3n) is 6.17. The number of nitrogens with two attached hydrogens (primary N) is 1. The molecular formula is C23H27ClN6O. The Balaban J connectivity index is 1.91. The van der Waals surface area contributed by atoms with Crippen LogP contribution >= 0.6 is 11.6 Å². The number of aromatic nitrogens is 1. The van der Waals surface area contributed by atoms with Gasteiger partial charge < -0.3 is 5.73 Å². The van der Waals surface area contributed by atoms with E-state index < -0.39 is 0 Å². The van der Waals surface area contributed by atoms with Crippen LogP contribution < -0.4 is 16.1 Å². The molecule has 2 fully saturated rings. The summed E-state index contributed by atoms with van der Waals surface area (Å²) in [4.78, 5) is 20.1. The molecule has 31 heavy (non-hydrogen) atoms. The number of hydrogen-bond donors (Lipinski definition) is 3. The molecule has 0 aromatic carbocycles. The number of aliphatic imine (C=N–C) groups is 1. The number of halogens is 1. The molecule has 2 atom stereocenters. The first-order valence-electron chi connectivity index (χ1n) is 10.4. The van der Waals surface area contributed by atoms with Gasteiger partial charge in [0.25, 0.3) is 5.91 Å². The lowest BCUT2D eigenvalue weighted by atomic mass is 9.88. The summed E-state index contributed by atoms with van der Waals surface area (Å²) in [5.41, 5.74) is 9.82. The lowest BCUT2D eigenvalue weighted by Crippen LogP contribution is -2.42. The van der Waals surface area contributed by atoms with Gasteiger partial charge in [0.2, 0.25) is 0 Å². The highest BCUT2D eigenvalue weighted by Gasteiger charge is 2.48. The number of carbonyl (C=O) groups is 1. The first-order chi connectivity index (χ1) is 14.7. The van der Waals surface area contributed by atoms with Gasteiger partial charge in [-0.25, -0.2) is 0 Å². The van der Waals surface area contributed by atoms with Crippen LogP contribution in [0.15, 0.2) is 51.8 Å². The average molecular weight is 439 g/mol. The highest BCUT2D eigenvalue weighted by atomic mass is 35.5. The Bertz CT molecular complexity index is 1150. The van der Waals surface area contributed by atoms with E-state index in [0.29, 0.717) is 39.7 Å². The summed E-state index contributed by atoms with van der Waals surface area (Å²) in [5, 5.41) is 17.0. The molecule has 7 nitrogen and oxygen atoms in total. The van der Waals surface area contributed by atoms with Gasteiger partial charge in [-0.1, -0.05) is 23.8 Å². The number of nitrogens with zero attached hydrogens (tertiary/aromatic N) is 3. The minimum atomic E-state index is -0.336. The van der Waals surface area contributed by atoms with Gasteiger partial charge in [0.15, 0.2) is 0 Å². The highest BCUT2D eigenvalue weighted by Crippen LogP contribution is 2.41. The van der Waals surface area contributed by atoms with Gasteiger partial charge in [0, 0.05) is 29.9 Å². The summed E-state index contributed by atoms with van der Waals surface area (Å²) < 4.78 is 1.48. The molecule has 2 aliphatic carbocycles. The number of allylic oxidation sites excluding steroid dienone is 4. The zero-order valence-corrected chi connectivity index (χ0v) is 18.7. The van der Waals surface area contributed by atoms with Crippen molar-refractivity contribution in [1.82, 2.24) is 4.57 Å². The second-order valence-electron chi connectivity index (χ2n) is 8.37. The minimum absolute atomic E-state index is 0.0137. The maximum absolute atomic E-state index is 13.8. The Morgan fingerprint density at radius 2 is 2.06 bits per heavy atom. The van der Waals surface area contributed by atoms with E-state index in [-0.39, 0.29) is 35.1 Å². The van der Waals surface area contributed by atoms with Crippen molar-refractivity contribution in [3.8, 4) is 0 Å². The molecule has 0 radical (unpaired) electrons. The fourth-order valence-electron chi connectivity index (χ4n) is 4.37. The number of hydrogen-bond acceptors (Lipinski definition) is 5. The van der Waals surface area contributed by atoms with E-state index >= 15 is 0 Å². The molecule has 3 aliphatic rings. The Hall–Kier alpha value is -2.93. The van der Waals surface area contributed by atoms with E-state index in [2.05, 4.69) is 4.99 Å². The molecule has 1 saturated heterocycles. The van der Waals surface area contributed by atoms with Crippen molar-refractivity contribution >= 4 is 34.7 Å². The molecule has 1 aromatic heterocycles. The molecule has 8 heteroatoms. The molecule has 4 N–H and O–H groups in total. The number of rotatable bonds is 3. The largest absolute Gasteiger partial charge is 0.401 e. The Morgan fingerprint density at radius 3 is 2.61 bits per heavy atom. The van der Waals surface area contributed by atoms with E-state index in [4.69, 9.17) is 28.2 Å². The summed E-state index contributed by atoms with van der Waals surface area (Å²) in [6.07, 6.45) is 10.2. The van der Waals surface area contributed by atoms with Crippen molar-refractivity contribution in [3.05, 3.63) is 57.8 Å². The predicted octanol–water partition coefficient (Wildman–Crippen LogP) is 3.23. The molecule has 0 spiro atoms. The van der Waals surface area contributed by atoms with Crippen LogP contribution in [-0.4, -0.2) is 35.1 Å². The summed E-state index contributed by atoms with van der Waals surface area (Å²) >= 11 is 6.15. The van der Waals surface area contributed by atoms with Gasteiger partial charge in [0.05, 0.1) is 23.0 Å². The fourth-order valence-corrected chi connectivity index (χ4v) is 4.53. The van der Waals surface area contributed by atoms with E-state index in [0.717, 1.165) is 12.8 Å². The molecule has 1 saturated carbocycles. The summed E-state index contributed by atoms with van der Waals surface area (Å²) in [6, 6.07) is 1.49. The molecule has 1 amide bonds. The van der Waals surface area contributed by atoms with Crippen LogP contribution in [0.2, 0.25) is 0 Å². The number of nitrogens with one attached hydrogen (secondary N) is 2. The lowest BCUT2D eigenvalue weighted by molar-refractivity contribution is -0.114. The van der Waals surface area contributed by atoms with Crippen molar-refractivity contribution in [2.75, 3.05) is 11.9 Å². The van der Waals surface area contributed by atoms with Crippen molar-refractivity contribution in [2.45, 2.75) is 39.2 Å². The zero-order valence-electron chi connectivity index (χ0n) is 17.9. The molecule has 0 bridgehead atoms. The standard InChI is InChI=1S/C23H27ClN6O/c1-12-10-17(11-29(13(2)25)22(12)27)30-21(15-6-8-16(24)9-7-15)20(28-3)18(23(30)31)19(26)14-4-5-14/h6,8-11,14-15,21,25,27H,4-5,7,26H2,1-3H3. The molecule has 2 heterocycles. The lowest BCUT2D eigenvalue weighted by Gasteiger charge is -2.31. The average Bonchev–Trinajstić information content (AvgIpc) is 3.53. The van der Waals surface area contributed by atoms with Crippen LogP contribution in [0.25, 0.3) is 0 Å². The number of anilines is 1. The van der Waals surface area contributed by atoms with E-state index in [1.54, 1.807) is 25.1 Å². The summed E-state index contributed by atoms with van der Waals surface area (Å²) in [7, 11) is 1.70. The maximum Gasteiger partial charge on any atom is 0.262 e. The smallest absolute Gasteiger partial charge is 0.262 e. The van der Waals surface area contributed by atoms with Crippen molar-refractivity contribution < 1.29 is 4.79 Å². The molecular weight excluding hydrogens is 412 g/mol. The van der Waals surface area contributed by atoms with Gasteiger partial charge in [-0.2, -0.15) is 0 Å². The van der Waals surface area contributed by atoms with Crippen molar-refractivity contribution in [1.29, 1.82) is 10.8 Å². The van der Waals surface area contributed by atoms with Gasteiger partial charge >= 0.3 is 0 Å². The van der Waals surface area contributed by atoms with Crippen molar-refractivity contribution in [3.63, 3.8) is 0 Å². The minimum Gasteiger partial charge on any atom is -0.401 e. The summed E-state index contributed by atoms with van der Waals surface area (Å²) in [6.45, 7) is 3.44. The number of pyridine rings is 1. The Labute approximate surface area is 186 Å². The fraction of sp³-hybridized carbons (Fsp3) is 0.391. The van der Waals surface area contributed by atoms with E-state index in [1.807, 2.05) is 31.2 Å². The summed E-state index contributed by atoms with van der Waals surface area (Å²) in [5.74, 6) is 0.261. The number of carbonyl (C=O) groups excluding carboxylic acids is 1. The third kappa shape index (κ3) is 3.67. The Morgan fingerprint density at radius 1 is 1.35 bits per heavy atom. The molecule has 162 valence electrons. The molecule has 1 aromatic rings. The quantitative estimate of drug-likeness (QED) is 0.382. The van der Waals surface area contributed by atoms with Crippen LogP contribution in [0.3, 0.4) is 0 Å². The number of aryl methyl sites for hydroxylation is 1. The second kappa shape index (κ2) is 7.96. The molecule has 2 unspecified atom stereocenters. The van der Waals surface area contributed by atoms with Gasteiger partial charge in [0.1, 0.15) is 11.3 Å². The van der Waals surface area contributed by atoms with Gasteiger partial charge in [-0.15, -0.1) is 0 Å². The first kappa shape index (κ1) is 21.3. The molecule has 1 aliphatic heterocycles. The maximum atomic E-state index is 13.8. The van der Waals surface area contributed by atoms with E-state index in [1.165, 1.54) is 4.57 Å². The van der Waals surface area contributed by atoms with Crippen molar-refractivity contribution in [2.24, 2.45) is 22.6 Å². The van der Waals surface area contributed by atoms with Crippen LogP contribution in [0, 0.1) is 29.6 Å². The monoisotopic (exact) mass is 438 g/mol. The van der Waals surface area contributed by atoms with Crippen LogP contribution in [0.4, 0.5) is 5.69 Å². The first-order valence-corrected chi connectivity index (χ1v) is 10.8. The van der Waals surface area contributed by atoms with Crippen LogP contribution in [0.1, 0.15) is 31.7 Å². The third-order valence-corrected chi connectivity index (χ3v) is 6.45. The second-order valence-corrected chi connectivity index (χ2v) is 8.80. The highest BCUT2D eigenvalue weighted by molar-refractivity contribution is 6.36. The zero-order chi connectivity index (χ0) is 22.4. The van der Waals surface area contributed by atoms with E-state index in [9.17, 15) is 4.79 Å². The van der Waals surface area contributed by atoms with Gasteiger partial charge in [-0.3, -0.25) is 30.1 Å².